The molecule has 0 aliphatic heterocycles. The fraction of sp³-hybridized carbons (Fsp3) is 0.333. The number of carbonyl (C=O) groups excluding carboxylic acids is 2. The van der Waals surface area contributed by atoms with Crippen LogP contribution in [0.4, 0.5) is 10.8 Å². The van der Waals surface area contributed by atoms with E-state index in [2.05, 4.69) is 10.3 Å². The Balaban J connectivity index is 2.10. The molecule has 0 saturated carbocycles. The minimum Gasteiger partial charge on any atom is -0.480 e. The molecule has 0 aliphatic rings. The van der Waals surface area contributed by atoms with Crippen molar-refractivity contribution in [2.75, 3.05) is 16.8 Å². The second-order valence-electron chi connectivity index (χ2n) is 6.73. The molecule has 0 unspecified atom stereocenters. The summed E-state index contributed by atoms with van der Waals surface area (Å²) in [4.78, 5) is 41.1. The zero-order valence-corrected chi connectivity index (χ0v) is 15.7. The Morgan fingerprint density at radius 3 is 2.42 bits per heavy atom. The summed E-state index contributed by atoms with van der Waals surface area (Å²) in [6, 6.07) is 8.62. The number of carbonyl (C=O) groups is 3. The van der Waals surface area contributed by atoms with E-state index in [1.165, 1.54) is 16.2 Å². The third kappa shape index (κ3) is 5.38. The van der Waals surface area contributed by atoms with E-state index in [9.17, 15) is 14.4 Å². The van der Waals surface area contributed by atoms with Gasteiger partial charge in [-0.2, -0.15) is 0 Å². The minimum atomic E-state index is -1.10. The molecule has 8 heteroatoms. The van der Waals surface area contributed by atoms with Crippen molar-refractivity contribution in [1.29, 1.82) is 0 Å². The molecule has 0 saturated heterocycles. The van der Waals surface area contributed by atoms with Crippen LogP contribution in [0.25, 0.3) is 0 Å². The first-order chi connectivity index (χ1) is 12.2. The third-order valence-corrected chi connectivity index (χ3v) is 4.25. The van der Waals surface area contributed by atoms with E-state index < -0.39 is 17.9 Å². The number of thiazole rings is 1. The Morgan fingerprint density at radius 2 is 1.85 bits per heavy atom. The number of hydrogen-bond donors (Lipinski definition) is 2. The van der Waals surface area contributed by atoms with Crippen molar-refractivity contribution in [1.82, 2.24) is 4.98 Å². The molecule has 0 radical (unpaired) electrons. The molecule has 0 spiro atoms. The van der Waals surface area contributed by atoms with Gasteiger partial charge in [-0.25, -0.2) is 4.98 Å². The molecule has 2 rings (SSSR count). The Morgan fingerprint density at radius 1 is 1.19 bits per heavy atom. The molecule has 0 aliphatic carbocycles. The van der Waals surface area contributed by atoms with E-state index in [1.807, 2.05) is 0 Å². The molecular formula is C18H21N3O4S. The van der Waals surface area contributed by atoms with Gasteiger partial charge in [0, 0.05) is 16.5 Å². The van der Waals surface area contributed by atoms with Gasteiger partial charge in [-0.05, 0) is 12.1 Å². The van der Waals surface area contributed by atoms with Crippen LogP contribution in [0.2, 0.25) is 0 Å². The number of benzene rings is 1. The molecule has 2 N–H and O–H groups in total. The molecule has 2 aromatic rings. The summed E-state index contributed by atoms with van der Waals surface area (Å²) in [6.07, 6.45) is -0.0515. The van der Waals surface area contributed by atoms with Gasteiger partial charge in [-0.15, -0.1) is 11.3 Å². The highest BCUT2D eigenvalue weighted by atomic mass is 32.1. The largest absolute Gasteiger partial charge is 0.480 e. The van der Waals surface area contributed by atoms with Crippen molar-refractivity contribution in [2.24, 2.45) is 5.41 Å². The number of carboxylic acids is 1. The quantitative estimate of drug-likeness (QED) is 0.809. The fourth-order valence-electron chi connectivity index (χ4n) is 2.05. The summed E-state index contributed by atoms with van der Waals surface area (Å²) >= 11 is 1.23. The highest BCUT2D eigenvalue weighted by molar-refractivity contribution is 7.13. The van der Waals surface area contributed by atoms with Gasteiger partial charge >= 0.3 is 5.97 Å². The van der Waals surface area contributed by atoms with E-state index in [0.717, 1.165) is 0 Å². The molecule has 2 amide bonds. The molecule has 1 aromatic heterocycles. The number of nitrogens with zero attached hydrogens (tertiary/aromatic N) is 2. The fourth-order valence-corrected chi connectivity index (χ4v) is 2.75. The van der Waals surface area contributed by atoms with E-state index >= 15 is 0 Å². The Kier molecular flexibility index (Phi) is 6.10. The average Bonchev–Trinajstić information content (AvgIpc) is 2.99. The van der Waals surface area contributed by atoms with Crippen molar-refractivity contribution < 1.29 is 19.5 Å². The van der Waals surface area contributed by atoms with Crippen LogP contribution in [-0.4, -0.2) is 34.4 Å². The maximum Gasteiger partial charge on any atom is 0.323 e. The molecule has 0 atom stereocenters. The van der Waals surface area contributed by atoms with Crippen LogP contribution in [0.5, 0.6) is 0 Å². The molecule has 1 aromatic carbocycles. The lowest BCUT2D eigenvalue weighted by Gasteiger charge is -2.20. The number of amides is 2. The molecule has 7 nitrogen and oxygen atoms in total. The number of aliphatic carboxylic acids is 1. The van der Waals surface area contributed by atoms with Crippen molar-refractivity contribution in [3.63, 3.8) is 0 Å². The highest BCUT2D eigenvalue weighted by Crippen LogP contribution is 2.22. The normalized spacial score (nSPS) is 11.0. The summed E-state index contributed by atoms with van der Waals surface area (Å²) in [5.74, 6) is -1.64. The first-order valence-electron chi connectivity index (χ1n) is 8.00. The number of carboxylic acid groups (broad SMARTS) is 1. The summed E-state index contributed by atoms with van der Waals surface area (Å²) in [5.41, 5.74) is 0.444. The van der Waals surface area contributed by atoms with Crippen molar-refractivity contribution >= 4 is 39.9 Å². The van der Waals surface area contributed by atoms with Gasteiger partial charge < -0.3 is 15.3 Å². The lowest BCUT2D eigenvalue weighted by molar-refractivity contribution is -0.136. The summed E-state index contributed by atoms with van der Waals surface area (Å²) in [7, 11) is 0. The molecule has 0 fully saturated rings. The second-order valence-corrected chi connectivity index (χ2v) is 7.59. The number of rotatable bonds is 6. The van der Waals surface area contributed by atoms with Crippen molar-refractivity contribution in [3.8, 4) is 0 Å². The van der Waals surface area contributed by atoms with Gasteiger partial charge in [0.2, 0.25) is 11.8 Å². The first kappa shape index (κ1) is 19.6. The Bertz CT molecular complexity index is 796. The van der Waals surface area contributed by atoms with Crippen molar-refractivity contribution in [3.05, 3.63) is 41.4 Å². The second kappa shape index (κ2) is 8.09. The lowest BCUT2D eigenvalue weighted by Crippen LogP contribution is -2.36. The smallest absolute Gasteiger partial charge is 0.323 e. The van der Waals surface area contributed by atoms with Crippen LogP contribution >= 0.6 is 11.3 Å². The number of aromatic nitrogens is 1. The van der Waals surface area contributed by atoms with Gasteiger partial charge in [0.15, 0.2) is 5.13 Å². The molecule has 1 heterocycles. The monoisotopic (exact) mass is 375 g/mol. The average molecular weight is 375 g/mol. The predicted octanol–water partition coefficient (Wildman–Crippen LogP) is 2.79. The van der Waals surface area contributed by atoms with Crippen LogP contribution in [0, 0.1) is 5.41 Å². The van der Waals surface area contributed by atoms with Crippen LogP contribution in [0.15, 0.2) is 35.7 Å². The number of nitrogens with one attached hydrogen (secondary N) is 1. The summed E-state index contributed by atoms with van der Waals surface area (Å²) in [6.45, 7) is 4.96. The van der Waals surface area contributed by atoms with Gasteiger partial charge in [0.05, 0.1) is 12.1 Å². The first-order valence-corrected chi connectivity index (χ1v) is 8.88. The molecular weight excluding hydrogens is 354 g/mol. The van der Waals surface area contributed by atoms with Crippen LogP contribution in [0.1, 0.15) is 26.5 Å². The van der Waals surface area contributed by atoms with Gasteiger partial charge in [-0.1, -0.05) is 39.0 Å². The Labute approximate surface area is 155 Å². The van der Waals surface area contributed by atoms with Gasteiger partial charge in [0.1, 0.15) is 6.54 Å². The Hall–Kier alpha value is -2.74. The van der Waals surface area contributed by atoms with E-state index in [-0.39, 0.29) is 18.2 Å². The van der Waals surface area contributed by atoms with Crippen molar-refractivity contribution in [2.45, 2.75) is 27.2 Å². The van der Waals surface area contributed by atoms with E-state index in [0.29, 0.717) is 16.5 Å². The topological polar surface area (TPSA) is 99.6 Å². The van der Waals surface area contributed by atoms with Crippen LogP contribution in [0.3, 0.4) is 0 Å². The molecule has 138 valence electrons. The summed E-state index contributed by atoms with van der Waals surface area (Å²) < 4.78 is 0. The predicted molar refractivity (Wildman–Crippen MR) is 100 cm³/mol. The number of anilines is 2. The van der Waals surface area contributed by atoms with Gasteiger partial charge in [-0.3, -0.25) is 14.4 Å². The third-order valence-electron chi connectivity index (χ3n) is 3.45. The molecule has 0 bridgehead atoms. The SMILES string of the molecule is CC(C)(C)C(=O)Nc1nc(CC(=O)N(CC(=O)O)c2ccccc2)cs1. The summed E-state index contributed by atoms with van der Waals surface area (Å²) in [5, 5.41) is 13.9. The zero-order valence-electron chi connectivity index (χ0n) is 14.9. The number of para-hydroxylation sites is 1. The van der Waals surface area contributed by atoms with Gasteiger partial charge in [0.25, 0.3) is 0 Å². The van der Waals surface area contributed by atoms with E-state index in [1.54, 1.807) is 56.5 Å². The van der Waals surface area contributed by atoms with E-state index in [4.69, 9.17) is 5.11 Å². The standard InChI is InChI=1S/C18H21N3O4S/c1-18(2,3)16(25)20-17-19-12(11-26-17)9-14(22)21(10-15(23)24)13-7-5-4-6-8-13/h4-8,11H,9-10H2,1-3H3,(H,23,24)(H,19,20,25). The maximum atomic E-state index is 12.6. The zero-order chi connectivity index (χ0) is 19.3. The molecule has 26 heavy (non-hydrogen) atoms. The van der Waals surface area contributed by atoms with Crippen LogP contribution in [-0.2, 0) is 20.8 Å². The lowest BCUT2D eigenvalue weighted by atomic mass is 9.96. The highest BCUT2D eigenvalue weighted by Gasteiger charge is 2.23. The minimum absolute atomic E-state index is 0.0515. The van der Waals surface area contributed by atoms with Crippen LogP contribution < -0.4 is 10.2 Å². The maximum absolute atomic E-state index is 12.6. The number of hydrogen-bond acceptors (Lipinski definition) is 5.